The smallest absolute Gasteiger partial charge is 0.328 e. The van der Waals surface area contributed by atoms with Crippen molar-refractivity contribution in [2.45, 2.75) is 69.5 Å². The van der Waals surface area contributed by atoms with Crippen LogP contribution in [0.2, 0.25) is 0 Å². The summed E-state index contributed by atoms with van der Waals surface area (Å²) in [7, 11) is 2.05. The number of anilines is 1. The average Bonchev–Trinajstić information content (AvgIpc) is 3.40. The van der Waals surface area contributed by atoms with E-state index in [1.807, 2.05) is 47.0 Å². The van der Waals surface area contributed by atoms with E-state index in [4.69, 9.17) is 4.98 Å². The zero-order valence-corrected chi connectivity index (χ0v) is 29.9. The van der Waals surface area contributed by atoms with Crippen LogP contribution in [0, 0.1) is 5.92 Å². The molecule has 7 rings (SSSR count). The minimum Gasteiger partial charge on any atom is -0.328 e. The minimum atomic E-state index is -5.02. The van der Waals surface area contributed by atoms with Crippen molar-refractivity contribution in [1.29, 1.82) is 0 Å². The van der Waals surface area contributed by atoms with Crippen LogP contribution in [0.15, 0.2) is 66.7 Å². The Balaban J connectivity index is 1.16. The zero-order chi connectivity index (χ0) is 38.2. The van der Waals surface area contributed by atoms with Crippen molar-refractivity contribution in [3.05, 3.63) is 94.8 Å². The maximum atomic E-state index is 14.0. The van der Waals surface area contributed by atoms with E-state index in [0.29, 0.717) is 68.9 Å². The SMILES string of the molecule is CN1CCC(Cn2c(C(Cc3cc(C(F)(F)F)cc(C(F)(F)F)c3)NC(=O)N3CCC(N4CCc5ccccc5NC4=O)CC3)nc3ccccc32)CC1. The van der Waals surface area contributed by atoms with E-state index in [2.05, 4.69) is 22.6 Å². The first-order chi connectivity index (χ1) is 25.7. The van der Waals surface area contributed by atoms with Gasteiger partial charge in [0.25, 0.3) is 0 Å². The Kier molecular flexibility index (Phi) is 10.5. The lowest BCUT2D eigenvalue weighted by Gasteiger charge is -2.38. The number of piperidine rings is 2. The highest BCUT2D eigenvalue weighted by Crippen LogP contribution is 2.38. The number of carbonyl (C=O) groups is 2. The summed E-state index contributed by atoms with van der Waals surface area (Å²) in [4.78, 5) is 37.7. The highest BCUT2D eigenvalue weighted by atomic mass is 19.4. The number of nitrogens with zero attached hydrogens (tertiary/aromatic N) is 5. The van der Waals surface area contributed by atoms with Gasteiger partial charge in [0.15, 0.2) is 0 Å². The van der Waals surface area contributed by atoms with Gasteiger partial charge in [-0.1, -0.05) is 30.3 Å². The molecule has 0 radical (unpaired) electrons. The number of nitrogens with one attached hydrogen (secondary N) is 2. The molecular weight excluding hydrogens is 712 g/mol. The highest BCUT2D eigenvalue weighted by Gasteiger charge is 2.38. The van der Waals surface area contributed by atoms with Gasteiger partial charge in [0.1, 0.15) is 5.82 Å². The molecule has 3 aromatic carbocycles. The van der Waals surface area contributed by atoms with Gasteiger partial charge in [-0.25, -0.2) is 14.6 Å². The zero-order valence-electron chi connectivity index (χ0n) is 29.9. The standard InChI is InChI=1S/C39H43F6N7O2/c1-49-15-10-25(11-16-49)24-52-34-9-5-4-8-32(34)46-35(52)33(22-26-20-28(38(40,41)42)23-29(21-26)39(43,44)45)48-36(53)50-17-13-30(14-18-50)51-19-12-27-6-2-3-7-31(27)47-37(51)54/h2-9,20-21,23,25,30,33H,10-19,22,24H2,1H3,(H,47,54)(H,48,53). The number of rotatable bonds is 7. The van der Waals surface area contributed by atoms with Crippen molar-refractivity contribution in [1.82, 2.24) is 29.6 Å². The van der Waals surface area contributed by atoms with Gasteiger partial charge in [-0.15, -0.1) is 0 Å². The molecule has 0 saturated carbocycles. The van der Waals surface area contributed by atoms with E-state index in [1.54, 1.807) is 15.9 Å². The molecule has 1 atom stereocenters. The first kappa shape index (κ1) is 37.5. The number of imidazole rings is 1. The van der Waals surface area contributed by atoms with E-state index >= 15 is 0 Å². The quantitative estimate of drug-likeness (QED) is 0.188. The first-order valence-corrected chi connectivity index (χ1v) is 18.4. The predicted octanol–water partition coefficient (Wildman–Crippen LogP) is 7.96. The number of hydrogen-bond acceptors (Lipinski definition) is 4. The summed E-state index contributed by atoms with van der Waals surface area (Å²) in [5.41, 5.74) is 0.133. The van der Waals surface area contributed by atoms with Crippen molar-refractivity contribution in [2.75, 3.05) is 45.1 Å². The van der Waals surface area contributed by atoms with E-state index in [0.717, 1.165) is 42.7 Å². The van der Waals surface area contributed by atoms with E-state index in [1.165, 1.54) is 0 Å². The number of amides is 4. The van der Waals surface area contributed by atoms with Crippen LogP contribution < -0.4 is 10.6 Å². The maximum absolute atomic E-state index is 14.0. The van der Waals surface area contributed by atoms with E-state index in [-0.39, 0.29) is 36.0 Å². The van der Waals surface area contributed by atoms with Crippen LogP contribution in [0.5, 0.6) is 0 Å². The lowest BCUT2D eigenvalue weighted by molar-refractivity contribution is -0.143. The van der Waals surface area contributed by atoms with Crippen LogP contribution in [0.25, 0.3) is 11.0 Å². The van der Waals surface area contributed by atoms with Crippen LogP contribution >= 0.6 is 0 Å². The van der Waals surface area contributed by atoms with Crippen LogP contribution in [0.1, 0.15) is 59.8 Å². The molecule has 4 aromatic rings. The van der Waals surface area contributed by atoms with E-state index < -0.39 is 35.6 Å². The first-order valence-electron chi connectivity index (χ1n) is 18.4. The molecule has 2 fully saturated rings. The fourth-order valence-electron chi connectivity index (χ4n) is 7.99. The van der Waals surface area contributed by atoms with Crippen LogP contribution in [-0.2, 0) is 31.7 Å². The second kappa shape index (κ2) is 15.2. The minimum absolute atomic E-state index is 0.111. The Labute approximate surface area is 309 Å². The molecule has 1 unspecified atom stereocenters. The molecule has 9 nitrogen and oxygen atoms in total. The van der Waals surface area contributed by atoms with Gasteiger partial charge < -0.3 is 29.9 Å². The summed E-state index contributed by atoms with van der Waals surface area (Å²) in [5, 5.41) is 5.97. The molecule has 3 aliphatic heterocycles. The summed E-state index contributed by atoms with van der Waals surface area (Å²) >= 11 is 0. The third-order valence-corrected chi connectivity index (χ3v) is 11.0. The fraction of sp³-hybridized carbons (Fsp3) is 0.462. The van der Waals surface area contributed by atoms with Gasteiger partial charge >= 0.3 is 24.4 Å². The number of para-hydroxylation sites is 3. The van der Waals surface area contributed by atoms with Crippen molar-refractivity contribution in [3.63, 3.8) is 0 Å². The number of fused-ring (bicyclic) bond motifs is 2. The van der Waals surface area contributed by atoms with Crippen molar-refractivity contribution < 1.29 is 35.9 Å². The van der Waals surface area contributed by atoms with E-state index in [9.17, 15) is 35.9 Å². The Morgan fingerprint density at radius 2 is 1.52 bits per heavy atom. The molecule has 3 aliphatic rings. The van der Waals surface area contributed by atoms with Crippen LogP contribution in [0.3, 0.4) is 0 Å². The van der Waals surface area contributed by atoms with Gasteiger partial charge in [0.2, 0.25) is 0 Å². The Hall–Kier alpha value is -4.79. The topological polar surface area (TPSA) is 85.7 Å². The molecule has 0 aliphatic carbocycles. The second-order valence-electron chi connectivity index (χ2n) is 14.7. The highest BCUT2D eigenvalue weighted by molar-refractivity contribution is 5.91. The lowest BCUT2D eigenvalue weighted by atomic mass is 9.96. The maximum Gasteiger partial charge on any atom is 0.416 e. The number of halogens is 6. The number of urea groups is 2. The Morgan fingerprint density at radius 3 is 2.20 bits per heavy atom. The molecule has 0 spiro atoms. The monoisotopic (exact) mass is 755 g/mol. The molecule has 288 valence electrons. The normalized spacial score (nSPS) is 18.7. The lowest BCUT2D eigenvalue weighted by Crippen LogP contribution is -2.52. The summed E-state index contributed by atoms with van der Waals surface area (Å²) in [6.07, 6.45) is -6.92. The number of benzene rings is 3. The van der Waals surface area contributed by atoms with Gasteiger partial charge in [-0.3, -0.25) is 0 Å². The third kappa shape index (κ3) is 8.30. The Bertz CT molecular complexity index is 1950. The average molecular weight is 756 g/mol. The van der Waals surface area contributed by atoms with Gasteiger partial charge in [0, 0.05) is 37.9 Å². The molecule has 0 bridgehead atoms. The number of hydrogen-bond donors (Lipinski definition) is 2. The molecule has 54 heavy (non-hydrogen) atoms. The summed E-state index contributed by atoms with van der Waals surface area (Å²) in [6.45, 7) is 3.42. The molecule has 1 aromatic heterocycles. The molecule has 15 heteroatoms. The van der Waals surface area contributed by atoms with Gasteiger partial charge in [-0.05, 0) is 112 Å². The predicted molar refractivity (Wildman–Crippen MR) is 192 cm³/mol. The van der Waals surface area contributed by atoms with Crippen LogP contribution in [-0.4, -0.2) is 82.1 Å². The number of carbonyl (C=O) groups excluding carboxylic acids is 2. The second-order valence-corrected chi connectivity index (χ2v) is 14.7. The summed E-state index contributed by atoms with van der Waals surface area (Å²) < 4.78 is 85.6. The third-order valence-electron chi connectivity index (χ3n) is 11.0. The molecular formula is C39H43F6N7O2. The number of alkyl halides is 6. The summed E-state index contributed by atoms with van der Waals surface area (Å²) in [6, 6.07) is 14.6. The van der Waals surface area contributed by atoms with Gasteiger partial charge in [-0.2, -0.15) is 26.3 Å². The fourth-order valence-corrected chi connectivity index (χ4v) is 7.99. The van der Waals surface area contributed by atoms with Crippen LogP contribution in [0.4, 0.5) is 41.6 Å². The van der Waals surface area contributed by atoms with Crippen molar-refractivity contribution in [3.8, 4) is 0 Å². The molecule has 2 saturated heterocycles. The van der Waals surface area contributed by atoms with Crippen molar-refractivity contribution >= 4 is 28.8 Å². The largest absolute Gasteiger partial charge is 0.416 e. The molecule has 4 amide bonds. The Morgan fingerprint density at radius 1 is 0.870 bits per heavy atom. The molecule has 4 heterocycles. The molecule has 2 N–H and O–H groups in total. The van der Waals surface area contributed by atoms with Crippen molar-refractivity contribution in [2.24, 2.45) is 5.92 Å². The number of aromatic nitrogens is 2. The van der Waals surface area contributed by atoms with Gasteiger partial charge in [0.05, 0.1) is 28.2 Å². The summed E-state index contributed by atoms with van der Waals surface area (Å²) in [5.74, 6) is 0.618. The number of likely N-dealkylation sites (tertiary alicyclic amines) is 2.